The van der Waals surface area contributed by atoms with Crippen molar-refractivity contribution in [2.75, 3.05) is 0 Å². The van der Waals surface area contributed by atoms with E-state index in [0.717, 1.165) is 22.2 Å². The second-order valence-corrected chi connectivity index (χ2v) is 11.5. The SMILES string of the molecule is CC12C=CC=CC1Sc1cc3c(cc12)c1ccccc1n3-c1nc(-c2ccccc2)nc(-c2ccccc2)n1. The van der Waals surface area contributed by atoms with Gasteiger partial charge in [0.15, 0.2) is 11.6 Å². The van der Waals surface area contributed by atoms with Crippen molar-refractivity contribution >= 4 is 33.6 Å². The van der Waals surface area contributed by atoms with E-state index in [2.05, 4.69) is 72.2 Å². The van der Waals surface area contributed by atoms with Crippen molar-refractivity contribution in [2.24, 2.45) is 0 Å². The highest BCUT2D eigenvalue weighted by Gasteiger charge is 2.42. The van der Waals surface area contributed by atoms with Crippen LogP contribution in [0.1, 0.15) is 12.5 Å². The molecule has 2 atom stereocenters. The maximum Gasteiger partial charge on any atom is 0.238 e. The van der Waals surface area contributed by atoms with E-state index in [-0.39, 0.29) is 5.41 Å². The van der Waals surface area contributed by atoms with E-state index >= 15 is 0 Å². The summed E-state index contributed by atoms with van der Waals surface area (Å²) in [6, 6.07) is 33.6. The number of para-hydroxylation sites is 1. The van der Waals surface area contributed by atoms with Gasteiger partial charge in [0.05, 0.1) is 11.0 Å². The Morgan fingerprint density at radius 1 is 0.692 bits per heavy atom. The lowest BCUT2D eigenvalue weighted by atomic mass is 9.77. The second kappa shape index (κ2) is 8.52. The molecule has 186 valence electrons. The molecule has 2 unspecified atom stereocenters. The summed E-state index contributed by atoms with van der Waals surface area (Å²) in [5.74, 6) is 1.95. The van der Waals surface area contributed by atoms with Crippen molar-refractivity contribution in [3.63, 3.8) is 0 Å². The molecule has 0 spiro atoms. The molecule has 2 aliphatic rings. The van der Waals surface area contributed by atoms with E-state index in [9.17, 15) is 0 Å². The number of fused-ring (bicyclic) bond motifs is 6. The summed E-state index contributed by atoms with van der Waals surface area (Å²) in [6.45, 7) is 2.35. The standard InChI is InChI=1S/C34H24N4S/c1-34-19-11-10-18-30(34)39-29-21-28-25(20-26(29)34)24-16-8-9-17-27(24)38(28)33-36-31(22-12-4-2-5-13-22)35-32(37-33)23-14-6-3-7-15-23/h2-21,30H,1H3. The molecule has 0 radical (unpaired) electrons. The minimum atomic E-state index is -0.0136. The third-order valence-corrected chi connectivity index (χ3v) is 9.42. The summed E-state index contributed by atoms with van der Waals surface area (Å²) in [6.07, 6.45) is 9.03. The Morgan fingerprint density at radius 2 is 1.36 bits per heavy atom. The highest BCUT2D eigenvalue weighted by Crippen LogP contribution is 2.53. The van der Waals surface area contributed by atoms with E-state index in [1.165, 1.54) is 21.2 Å². The van der Waals surface area contributed by atoms with Crippen LogP contribution in [-0.4, -0.2) is 24.8 Å². The van der Waals surface area contributed by atoms with Gasteiger partial charge in [0.25, 0.3) is 0 Å². The van der Waals surface area contributed by atoms with Gasteiger partial charge in [-0.1, -0.05) is 110 Å². The van der Waals surface area contributed by atoms with Crippen LogP contribution in [0.15, 0.2) is 126 Å². The maximum absolute atomic E-state index is 5.06. The molecule has 1 aliphatic carbocycles. The number of thioether (sulfide) groups is 1. The summed E-state index contributed by atoms with van der Waals surface area (Å²) in [5.41, 5.74) is 5.50. The second-order valence-electron chi connectivity index (χ2n) is 10.3. The number of nitrogens with zero attached hydrogens (tertiary/aromatic N) is 4. The van der Waals surface area contributed by atoms with E-state index in [0.29, 0.717) is 22.8 Å². The van der Waals surface area contributed by atoms with E-state index in [1.54, 1.807) is 0 Å². The van der Waals surface area contributed by atoms with E-state index in [1.807, 2.05) is 72.4 Å². The molecule has 6 aromatic rings. The summed E-state index contributed by atoms with van der Waals surface area (Å²) < 4.78 is 2.21. The molecule has 0 saturated heterocycles. The summed E-state index contributed by atoms with van der Waals surface area (Å²) >= 11 is 1.94. The normalized spacial score (nSPS) is 19.5. The highest BCUT2D eigenvalue weighted by molar-refractivity contribution is 8.00. The Bertz CT molecular complexity index is 1900. The van der Waals surface area contributed by atoms with Crippen molar-refractivity contribution in [3.8, 4) is 28.7 Å². The van der Waals surface area contributed by atoms with Gasteiger partial charge in [0.2, 0.25) is 5.95 Å². The zero-order valence-electron chi connectivity index (χ0n) is 21.3. The van der Waals surface area contributed by atoms with Gasteiger partial charge >= 0.3 is 0 Å². The van der Waals surface area contributed by atoms with Crippen LogP contribution in [0.25, 0.3) is 50.5 Å². The number of rotatable bonds is 3. The minimum Gasteiger partial charge on any atom is -0.278 e. The Balaban J connectivity index is 1.43. The molecule has 0 bridgehead atoms. The number of hydrogen-bond acceptors (Lipinski definition) is 4. The van der Waals surface area contributed by atoms with Gasteiger partial charge < -0.3 is 0 Å². The Morgan fingerprint density at radius 3 is 2.08 bits per heavy atom. The average molecular weight is 521 g/mol. The highest BCUT2D eigenvalue weighted by atomic mass is 32.2. The molecular formula is C34H24N4S. The van der Waals surface area contributed by atoms with Crippen LogP contribution >= 0.6 is 11.8 Å². The molecule has 5 heteroatoms. The quantitative estimate of drug-likeness (QED) is 0.236. The molecule has 3 heterocycles. The molecular weight excluding hydrogens is 496 g/mol. The van der Waals surface area contributed by atoms with Crippen LogP contribution in [0.4, 0.5) is 0 Å². The van der Waals surface area contributed by atoms with Crippen LogP contribution in [0, 0.1) is 0 Å². The largest absolute Gasteiger partial charge is 0.278 e. The monoisotopic (exact) mass is 520 g/mol. The maximum atomic E-state index is 5.06. The summed E-state index contributed by atoms with van der Waals surface area (Å²) in [4.78, 5) is 16.3. The third-order valence-electron chi connectivity index (χ3n) is 7.93. The molecule has 39 heavy (non-hydrogen) atoms. The van der Waals surface area contributed by atoms with E-state index < -0.39 is 0 Å². The lowest BCUT2D eigenvalue weighted by molar-refractivity contribution is 0.621. The molecule has 0 N–H and O–H groups in total. The number of benzene rings is 4. The summed E-state index contributed by atoms with van der Waals surface area (Å²) in [5, 5.41) is 2.82. The zero-order valence-corrected chi connectivity index (χ0v) is 22.1. The van der Waals surface area contributed by atoms with Crippen LogP contribution in [-0.2, 0) is 5.41 Å². The van der Waals surface area contributed by atoms with Crippen LogP contribution in [0.2, 0.25) is 0 Å². The number of hydrogen-bond donors (Lipinski definition) is 0. The van der Waals surface area contributed by atoms with Gasteiger partial charge in [0, 0.05) is 37.5 Å². The predicted octanol–water partition coefficient (Wildman–Crippen LogP) is 8.16. The Labute approximate surface area is 230 Å². The van der Waals surface area contributed by atoms with Gasteiger partial charge in [-0.3, -0.25) is 4.57 Å². The molecule has 0 saturated carbocycles. The van der Waals surface area contributed by atoms with Crippen LogP contribution in [0.3, 0.4) is 0 Å². The van der Waals surface area contributed by atoms with E-state index in [4.69, 9.17) is 15.0 Å². The van der Waals surface area contributed by atoms with Crippen molar-refractivity contribution in [2.45, 2.75) is 22.5 Å². The van der Waals surface area contributed by atoms with Gasteiger partial charge in [-0.25, -0.2) is 4.98 Å². The molecule has 0 amide bonds. The Hall–Kier alpha value is -4.48. The van der Waals surface area contributed by atoms with Gasteiger partial charge in [-0.15, -0.1) is 11.8 Å². The molecule has 4 aromatic carbocycles. The lowest BCUT2D eigenvalue weighted by Gasteiger charge is -2.28. The first-order chi connectivity index (χ1) is 19.2. The number of aromatic nitrogens is 4. The fraction of sp³-hybridized carbons (Fsp3) is 0.0882. The number of allylic oxidation sites excluding steroid dienone is 3. The van der Waals surface area contributed by atoms with Crippen molar-refractivity contribution in [1.29, 1.82) is 0 Å². The average Bonchev–Trinajstić information content (AvgIpc) is 3.47. The van der Waals surface area contributed by atoms with Gasteiger partial charge in [-0.05, 0) is 23.8 Å². The lowest BCUT2D eigenvalue weighted by Crippen LogP contribution is -2.28. The first-order valence-corrected chi connectivity index (χ1v) is 14.0. The molecule has 0 fully saturated rings. The third kappa shape index (κ3) is 3.43. The van der Waals surface area contributed by atoms with Crippen molar-refractivity contribution < 1.29 is 0 Å². The smallest absolute Gasteiger partial charge is 0.238 e. The fourth-order valence-corrected chi connectivity index (χ4v) is 7.36. The van der Waals surface area contributed by atoms with Crippen LogP contribution in [0.5, 0.6) is 0 Å². The van der Waals surface area contributed by atoms with Crippen LogP contribution < -0.4 is 0 Å². The minimum absolute atomic E-state index is 0.0136. The molecule has 4 nitrogen and oxygen atoms in total. The first kappa shape index (κ1) is 22.5. The topological polar surface area (TPSA) is 43.6 Å². The van der Waals surface area contributed by atoms with Gasteiger partial charge in [-0.2, -0.15) is 9.97 Å². The summed E-state index contributed by atoms with van der Waals surface area (Å²) in [7, 11) is 0. The molecule has 8 rings (SSSR count). The first-order valence-electron chi connectivity index (χ1n) is 13.2. The Kier molecular flexibility index (Phi) is 4.91. The molecule has 1 aliphatic heterocycles. The molecule has 2 aromatic heterocycles. The fourth-order valence-electron chi connectivity index (χ4n) is 5.88. The van der Waals surface area contributed by atoms with Crippen molar-refractivity contribution in [1.82, 2.24) is 19.5 Å². The zero-order chi connectivity index (χ0) is 26.0. The predicted molar refractivity (Wildman–Crippen MR) is 160 cm³/mol. The van der Waals surface area contributed by atoms with Crippen molar-refractivity contribution in [3.05, 3.63) is 127 Å². The van der Waals surface area contributed by atoms with Gasteiger partial charge in [0.1, 0.15) is 0 Å².